The summed E-state index contributed by atoms with van der Waals surface area (Å²) in [5.41, 5.74) is 17.3. The van der Waals surface area contributed by atoms with Crippen molar-refractivity contribution in [3.05, 3.63) is 252 Å². The molecule has 0 fully saturated rings. The number of nitrogens with zero attached hydrogens (tertiary/aromatic N) is 2. The fourth-order valence-electron chi connectivity index (χ4n) is 11.1. The smallest absolute Gasteiger partial charge is 0.147 e. The first-order valence-electron chi connectivity index (χ1n) is 23.4. The largest absolute Gasteiger partial charge is 0.307 e. The van der Waals surface area contributed by atoms with Gasteiger partial charge in [0, 0.05) is 44.7 Å². The van der Waals surface area contributed by atoms with Gasteiger partial charge in [0.05, 0.1) is 11.4 Å². The number of hydrogen-bond donors (Lipinski definition) is 0. The summed E-state index contributed by atoms with van der Waals surface area (Å²) in [5, 5.41) is 2.37. The van der Waals surface area contributed by atoms with Crippen molar-refractivity contribution < 1.29 is 8.78 Å². The lowest BCUT2D eigenvalue weighted by atomic mass is 9.80. The number of fused-ring (bicyclic) bond motifs is 7. The molecule has 2 aliphatic rings. The van der Waals surface area contributed by atoms with E-state index in [-0.39, 0.29) is 22.5 Å². The Kier molecular flexibility index (Phi) is 9.60. The maximum atomic E-state index is 16.4. The minimum atomic E-state index is -0.341. The van der Waals surface area contributed by atoms with E-state index in [0.717, 1.165) is 45.0 Å². The van der Waals surface area contributed by atoms with Crippen LogP contribution in [0.15, 0.2) is 218 Å². The van der Waals surface area contributed by atoms with Crippen LogP contribution in [0.3, 0.4) is 0 Å². The quantitative estimate of drug-likeness (QED) is 0.150. The summed E-state index contributed by atoms with van der Waals surface area (Å²) in [4.78, 5) is 4.14. The van der Waals surface area contributed by atoms with E-state index in [9.17, 15) is 0 Å². The molecular formula is C64H48F2N2. The van der Waals surface area contributed by atoms with Crippen molar-refractivity contribution >= 4 is 44.9 Å². The Morgan fingerprint density at radius 1 is 0.294 bits per heavy atom. The van der Waals surface area contributed by atoms with E-state index >= 15 is 8.78 Å². The van der Waals surface area contributed by atoms with Gasteiger partial charge in [-0.15, -0.1) is 0 Å². The van der Waals surface area contributed by atoms with Gasteiger partial charge < -0.3 is 9.80 Å². The van der Waals surface area contributed by atoms with Crippen LogP contribution in [-0.4, -0.2) is 0 Å². The highest BCUT2D eigenvalue weighted by Crippen LogP contribution is 2.56. The van der Waals surface area contributed by atoms with E-state index in [2.05, 4.69) is 98.2 Å². The second-order valence-corrected chi connectivity index (χ2v) is 19.2. The number of rotatable bonds is 8. The molecule has 0 aromatic heterocycles. The maximum absolute atomic E-state index is 16.4. The van der Waals surface area contributed by atoms with E-state index in [1.807, 2.05) is 133 Å². The summed E-state index contributed by atoms with van der Waals surface area (Å²) >= 11 is 0. The molecule has 4 heteroatoms. The third-order valence-corrected chi connectivity index (χ3v) is 14.5. The molecular weight excluding hydrogens is 835 g/mol. The third kappa shape index (κ3) is 6.50. The molecule has 0 radical (unpaired) electrons. The van der Waals surface area contributed by atoms with Crippen LogP contribution in [0.25, 0.3) is 55.3 Å². The van der Waals surface area contributed by atoms with Gasteiger partial charge in [-0.2, -0.15) is 0 Å². The molecule has 2 aliphatic carbocycles. The summed E-state index contributed by atoms with van der Waals surface area (Å²) < 4.78 is 32.9. The molecule has 0 unspecified atom stereocenters. The van der Waals surface area contributed by atoms with E-state index in [4.69, 9.17) is 0 Å². The second kappa shape index (κ2) is 15.8. The van der Waals surface area contributed by atoms with Crippen LogP contribution in [0.1, 0.15) is 49.9 Å². The molecule has 10 aromatic rings. The van der Waals surface area contributed by atoms with E-state index in [1.165, 1.54) is 55.3 Å². The minimum Gasteiger partial charge on any atom is -0.307 e. The van der Waals surface area contributed by atoms with Gasteiger partial charge in [0.2, 0.25) is 0 Å². The standard InChI is InChI=1S/C64H48F2N2/c1-63(2)55-37-43-36-54-52-34-32-48(68(46-25-15-8-16-26-46)62-50(28-18-30-60(62)66)42-21-11-6-12-22-42)40-58(52)64(3,4)56(54)38-44(43)35-53(55)51-33-31-47(39-57(51)63)67(45-23-13-7-14-24-45)61-49(27-17-29-59(61)65)41-19-9-5-10-20-41/h5-40H,1-4H3. The average Bonchev–Trinajstić information content (AvgIpc) is 3.72. The zero-order valence-corrected chi connectivity index (χ0v) is 38.4. The average molecular weight is 883 g/mol. The topological polar surface area (TPSA) is 6.48 Å². The third-order valence-electron chi connectivity index (χ3n) is 14.5. The van der Waals surface area contributed by atoms with Gasteiger partial charge in [-0.3, -0.25) is 0 Å². The van der Waals surface area contributed by atoms with Crippen LogP contribution < -0.4 is 9.80 Å². The van der Waals surface area contributed by atoms with Crippen molar-refractivity contribution in [1.29, 1.82) is 0 Å². The lowest BCUT2D eigenvalue weighted by molar-refractivity contribution is 0.628. The molecule has 328 valence electrons. The SMILES string of the molecule is CC1(C)c2cc(N(c3ccccc3)c3c(F)cccc3-c3ccccc3)ccc2-c2cc3cc4c(cc3cc21)-c1ccc(N(c2ccccc2)c2c(F)cccc2-c2ccccc2)cc1C4(C)C. The fraction of sp³-hybridized carbons (Fsp3) is 0.0938. The first-order chi connectivity index (χ1) is 33.1. The Hall–Kier alpha value is -8.08. The summed E-state index contributed by atoms with van der Waals surface area (Å²) in [7, 11) is 0. The fourth-order valence-corrected chi connectivity index (χ4v) is 11.1. The number of anilines is 6. The first kappa shape index (κ1) is 41.4. The molecule has 0 atom stereocenters. The van der Waals surface area contributed by atoms with Gasteiger partial charge in [0.25, 0.3) is 0 Å². The molecule has 12 rings (SSSR count). The Morgan fingerprint density at radius 3 is 1.03 bits per heavy atom. The predicted molar refractivity (Wildman–Crippen MR) is 279 cm³/mol. The number of hydrogen-bond acceptors (Lipinski definition) is 2. The summed E-state index contributed by atoms with van der Waals surface area (Å²) in [6.45, 7) is 9.23. The van der Waals surface area contributed by atoms with Gasteiger partial charge >= 0.3 is 0 Å². The normalized spacial score (nSPS) is 13.7. The summed E-state index contributed by atoms with van der Waals surface area (Å²) in [5.74, 6) is -0.567. The van der Waals surface area contributed by atoms with Crippen LogP contribution >= 0.6 is 0 Å². The molecule has 0 aliphatic heterocycles. The molecule has 0 amide bonds. The monoisotopic (exact) mass is 882 g/mol. The Balaban J connectivity index is 0.961. The molecule has 0 saturated carbocycles. The second-order valence-electron chi connectivity index (χ2n) is 19.2. The Labute approximate surface area is 397 Å². The van der Waals surface area contributed by atoms with Crippen molar-refractivity contribution in [3.8, 4) is 44.5 Å². The van der Waals surface area contributed by atoms with Gasteiger partial charge in [-0.1, -0.05) is 161 Å². The molecule has 0 heterocycles. The van der Waals surface area contributed by atoms with Gasteiger partial charge in [0.15, 0.2) is 0 Å². The summed E-state index contributed by atoms with van der Waals surface area (Å²) in [6.07, 6.45) is 0. The van der Waals surface area contributed by atoms with Gasteiger partial charge in [0.1, 0.15) is 11.6 Å². The highest BCUT2D eigenvalue weighted by Gasteiger charge is 2.40. The van der Waals surface area contributed by atoms with Crippen molar-refractivity contribution in [2.24, 2.45) is 0 Å². The lowest BCUT2D eigenvalue weighted by Crippen LogP contribution is -2.17. The molecule has 0 saturated heterocycles. The lowest BCUT2D eigenvalue weighted by Gasteiger charge is -2.30. The van der Waals surface area contributed by atoms with Crippen molar-refractivity contribution in [2.45, 2.75) is 38.5 Å². The van der Waals surface area contributed by atoms with E-state index in [1.54, 1.807) is 24.3 Å². The van der Waals surface area contributed by atoms with Crippen LogP contribution in [0.2, 0.25) is 0 Å². The van der Waals surface area contributed by atoms with Gasteiger partial charge in [-0.05, 0) is 151 Å². The number of para-hydroxylation sites is 4. The van der Waals surface area contributed by atoms with Gasteiger partial charge in [-0.25, -0.2) is 8.78 Å². The Bertz CT molecular complexity index is 3340. The maximum Gasteiger partial charge on any atom is 0.147 e. The first-order valence-corrected chi connectivity index (χ1v) is 23.4. The van der Waals surface area contributed by atoms with E-state index in [0.29, 0.717) is 11.4 Å². The molecule has 2 nitrogen and oxygen atoms in total. The zero-order chi connectivity index (χ0) is 46.3. The van der Waals surface area contributed by atoms with Crippen molar-refractivity contribution in [2.75, 3.05) is 9.80 Å². The van der Waals surface area contributed by atoms with Crippen LogP contribution in [0.4, 0.5) is 42.9 Å². The molecule has 0 bridgehead atoms. The molecule has 10 aromatic carbocycles. The summed E-state index contributed by atoms with van der Waals surface area (Å²) in [6, 6.07) is 73.9. The van der Waals surface area contributed by atoms with Crippen molar-refractivity contribution in [3.63, 3.8) is 0 Å². The molecule has 0 N–H and O–H groups in total. The predicted octanol–water partition coefficient (Wildman–Crippen LogP) is 18.0. The highest BCUT2D eigenvalue weighted by molar-refractivity contribution is 6.00. The van der Waals surface area contributed by atoms with E-state index < -0.39 is 0 Å². The van der Waals surface area contributed by atoms with Crippen LogP contribution in [-0.2, 0) is 10.8 Å². The molecule has 0 spiro atoms. The number of halogens is 2. The zero-order valence-electron chi connectivity index (χ0n) is 38.4. The number of benzene rings is 10. The minimum absolute atomic E-state index is 0.283. The van der Waals surface area contributed by atoms with Crippen LogP contribution in [0.5, 0.6) is 0 Å². The highest BCUT2D eigenvalue weighted by atomic mass is 19.1. The van der Waals surface area contributed by atoms with Crippen molar-refractivity contribution in [1.82, 2.24) is 0 Å². The Morgan fingerprint density at radius 2 is 0.647 bits per heavy atom. The molecule has 68 heavy (non-hydrogen) atoms. The van der Waals surface area contributed by atoms with Crippen LogP contribution in [0, 0.1) is 11.6 Å².